The zero-order valence-electron chi connectivity index (χ0n) is 23.0. The predicted molar refractivity (Wildman–Crippen MR) is 148 cm³/mol. The molecule has 0 saturated heterocycles. The van der Waals surface area contributed by atoms with Gasteiger partial charge in [-0.2, -0.15) is 5.26 Å². The molecule has 0 N–H and O–H groups in total. The van der Waals surface area contributed by atoms with Gasteiger partial charge < -0.3 is 23.7 Å². The molecule has 3 aromatic rings. The smallest absolute Gasteiger partial charge is 0.342 e. The van der Waals surface area contributed by atoms with Crippen LogP contribution in [0.5, 0.6) is 23.0 Å². The molecule has 4 rings (SSSR count). The fourth-order valence-electron chi connectivity index (χ4n) is 4.92. The third-order valence-electron chi connectivity index (χ3n) is 6.80. The van der Waals surface area contributed by atoms with E-state index in [1.807, 2.05) is 6.07 Å². The van der Waals surface area contributed by atoms with Gasteiger partial charge in [0.25, 0.3) is 5.91 Å². The minimum Gasteiger partial charge on any atom is -0.493 e. The van der Waals surface area contributed by atoms with Crippen molar-refractivity contribution in [2.45, 2.75) is 18.9 Å². The van der Waals surface area contributed by atoms with E-state index in [0.29, 0.717) is 39.5 Å². The number of hydrogen-bond donors (Lipinski definition) is 0. The number of ether oxygens (including phenoxy) is 5. The summed E-state index contributed by atoms with van der Waals surface area (Å²) in [6, 6.07) is 17.9. The highest BCUT2D eigenvalue weighted by Gasteiger charge is 2.46. The van der Waals surface area contributed by atoms with Gasteiger partial charge in [-0.3, -0.25) is 9.69 Å². The fraction of sp³-hybridized carbons (Fsp3) is 0.258. The predicted octanol–water partition coefficient (Wildman–Crippen LogP) is 4.99. The van der Waals surface area contributed by atoms with Gasteiger partial charge in [-0.05, 0) is 54.5 Å². The highest BCUT2D eigenvalue weighted by Crippen LogP contribution is 2.45. The van der Waals surface area contributed by atoms with Crippen molar-refractivity contribution >= 4 is 18.0 Å². The lowest BCUT2D eigenvalue weighted by Crippen LogP contribution is -2.49. The number of nitriles is 1. The van der Waals surface area contributed by atoms with Crippen molar-refractivity contribution in [1.29, 1.82) is 5.26 Å². The van der Waals surface area contributed by atoms with E-state index in [-0.39, 0.29) is 24.3 Å². The van der Waals surface area contributed by atoms with Crippen LogP contribution >= 0.6 is 0 Å². The van der Waals surface area contributed by atoms with Gasteiger partial charge in [0, 0.05) is 23.7 Å². The van der Waals surface area contributed by atoms with Gasteiger partial charge in [-0.1, -0.05) is 24.3 Å². The van der Waals surface area contributed by atoms with Crippen molar-refractivity contribution in [1.82, 2.24) is 4.90 Å². The van der Waals surface area contributed by atoms with Gasteiger partial charge in [-0.25, -0.2) is 4.79 Å². The van der Waals surface area contributed by atoms with Gasteiger partial charge >= 0.3 is 5.97 Å². The summed E-state index contributed by atoms with van der Waals surface area (Å²) in [5, 5.41) is 10.9. The lowest BCUT2D eigenvalue weighted by Gasteiger charge is -2.41. The molecule has 3 aromatic carbocycles. The van der Waals surface area contributed by atoms with Gasteiger partial charge in [-0.15, -0.1) is 0 Å². The van der Waals surface area contributed by atoms with Crippen LogP contribution in [-0.2, 0) is 16.7 Å². The Balaban J connectivity index is 2.00. The molecule has 9 nitrogen and oxygen atoms in total. The van der Waals surface area contributed by atoms with E-state index in [4.69, 9.17) is 23.7 Å². The van der Waals surface area contributed by atoms with Crippen LogP contribution in [0, 0.1) is 11.3 Å². The highest BCUT2D eigenvalue weighted by atomic mass is 16.5. The van der Waals surface area contributed by atoms with Crippen LogP contribution in [0.1, 0.15) is 44.3 Å². The summed E-state index contributed by atoms with van der Waals surface area (Å²) in [4.78, 5) is 28.6. The van der Waals surface area contributed by atoms with Crippen LogP contribution < -0.4 is 18.9 Å². The number of methoxy groups -OCH3 is 4. The summed E-state index contributed by atoms with van der Waals surface area (Å²) in [6.45, 7) is 1.83. The van der Waals surface area contributed by atoms with E-state index in [0.717, 1.165) is 0 Å². The molecule has 1 amide bonds. The van der Waals surface area contributed by atoms with E-state index in [2.05, 4.69) is 6.07 Å². The lowest BCUT2D eigenvalue weighted by molar-refractivity contribution is 0.0520. The van der Waals surface area contributed by atoms with Crippen molar-refractivity contribution in [2.24, 2.45) is 0 Å². The zero-order chi connectivity index (χ0) is 28.9. The fourth-order valence-corrected chi connectivity index (χ4v) is 4.92. The molecule has 40 heavy (non-hydrogen) atoms. The molecule has 1 aliphatic heterocycles. The van der Waals surface area contributed by atoms with Gasteiger partial charge in [0.15, 0.2) is 28.5 Å². The van der Waals surface area contributed by atoms with E-state index in [9.17, 15) is 14.9 Å². The molecule has 0 aliphatic carbocycles. The molecular formula is C31H30N2O7. The van der Waals surface area contributed by atoms with E-state index >= 15 is 0 Å². The second-order valence-corrected chi connectivity index (χ2v) is 8.86. The van der Waals surface area contributed by atoms with E-state index in [1.165, 1.54) is 33.3 Å². The highest BCUT2D eigenvalue weighted by molar-refractivity contribution is 5.98. The normalized spacial score (nSPS) is 15.4. The SMILES string of the molecule is CCOC(=O)c1c(CC2(C#N)c3cc(OC)c(OC)cc3C=CN2C(=O)c2ccccc2)ccc(OC)c1OC. The minimum absolute atomic E-state index is 0.0800. The Bertz CT molecular complexity index is 1490. The summed E-state index contributed by atoms with van der Waals surface area (Å²) in [6.07, 6.45) is 3.25. The average molecular weight is 543 g/mol. The van der Waals surface area contributed by atoms with Gasteiger partial charge in [0.1, 0.15) is 5.56 Å². The molecule has 0 saturated carbocycles. The number of amides is 1. The van der Waals surface area contributed by atoms with Crippen LogP contribution in [0.4, 0.5) is 0 Å². The van der Waals surface area contributed by atoms with Crippen LogP contribution in [0.25, 0.3) is 6.08 Å². The molecular weight excluding hydrogens is 512 g/mol. The summed E-state index contributed by atoms with van der Waals surface area (Å²) in [5.74, 6) is 0.331. The summed E-state index contributed by atoms with van der Waals surface area (Å²) >= 11 is 0. The second kappa shape index (κ2) is 11.8. The number of carbonyl (C=O) groups is 2. The number of benzene rings is 3. The van der Waals surface area contributed by atoms with Crippen LogP contribution in [0.15, 0.2) is 60.8 Å². The van der Waals surface area contributed by atoms with Crippen LogP contribution in [0.2, 0.25) is 0 Å². The quantitative estimate of drug-likeness (QED) is 0.348. The summed E-state index contributed by atoms with van der Waals surface area (Å²) in [7, 11) is 5.91. The van der Waals surface area contributed by atoms with Crippen molar-refractivity contribution in [3.63, 3.8) is 0 Å². The van der Waals surface area contributed by atoms with E-state index in [1.54, 1.807) is 67.7 Å². The van der Waals surface area contributed by atoms with Gasteiger partial charge in [0.2, 0.25) is 0 Å². The molecule has 1 aliphatic rings. The maximum atomic E-state index is 13.9. The zero-order valence-corrected chi connectivity index (χ0v) is 23.0. The third kappa shape index (κ3) is 4.80. The molecule has 0 fully saturated rings. The molecule has 9 heteroatoms. The number of esters is 1. The second-order valence-electron chi connectivity index (χ2n) is 8.86. The maximum Gasteiger partial charge on any atom is 0.342 e. The topological polar surface area (TPSA) is 107 Å². The van der Waals surface area contributed by atoms with Crippen molar-refractivity contribution in [2.75, 3.05) is 35.0 Å². The molecule has 0 radical (unpaired) electrons. The van der Waals surface area contributed by atoms with Crippen LogP contribution in [-0.4, -0.2) is 51.8 Å². The van der Waals surface area contributed by atoms with Crippen LogP contribution in [0.3, 0.4) is 0 Å². The summed E-state index contributed by atoms with van der Waals surface area (Å²) in [5.41, 5.74) is 0.505. The summed E-state index contributed by atoms with van der Waals surface area (Å²) < 4.78 is 27.4. The monoisotopic (exact) mass is 542 g/mol. The Labute approximate surface area is 233 Å². The molecule has 0 bridgehead atoms. The first kappa shape index (κ1) is 28.0. The first-order valence-electron chi connectivity index (χ1n) is 12.5. The average Bonchev–Trinajstić information content (AvgIpc) is 3.00. The largest absolute Gasteiger partial charge is 0.493 e. The number of nitrogens with zero attached hydrogens (tertiary/aromatic N) is 2. The molecule has 0 aromatic heterocycles. The number of hydrogen-bond acceptors (Lipinski definition) is 8. The Hall–Kier alpha value is -4.97. The Morgan fingerprint density at radius 3 is 2.17 bits per heavy atom. The lowest BCUT2D eigenvalue weighted by atomic mass is 9.77. The standard InChI is InChI=1S/C31H30N2O7/c1-6-40-30(35)27-22(12-13-24(36-2)28(27)39-5)18-31(19-32)23-17-26(38-4)25(37-3)16-21(23)14-15-33(31)29(34)20-10-8-7-9-11-20/h7-17H,6,18H2,1-5H3. The third-order valence-corrected chi connectivity index (χ3v) is 6.80. The Morgan fingerprint density at radius 1 is 0.900 bits per heavy atom. The number of carbonyl (C=O) groups excluding carboxylic acids is 2. The molecule has 1 atom stereocenters. The maximum absolute atomic E-state index is 13.9. The minimum atomic E-state index is -1.60. The first-order valence-corrected chi connectivity index (χ1v) is 12.5. The van der Waals surface area contributed by atoms with Crippen molar-refractivity contribution < 1.29 is 33.3 Å². The number of fused-ring (bicyclic) bond motifs is 1. The van der Waals surface area contributed by atoms with E-state index < -0.39 is 17.4 Å². The van der Waals surface area contributed by atoms with Gasteiger partial charge in [0.05, 0.1) is 41.1 Å². The first-order chi connectivity index (χ1) is 19.4. The molecule has 206 valence electrons. The molecule has 1 heterocycles. The van der Waals surface area contributed by atoms with Crippen molar-refractivity contribution in [3.8, 4) is 29.1 Å². The van der Waals surface area contributed by atoms with Crippen molar-refractivity contribution in [3.05, 3.63) is 88.6 Å². The molecule has 1 unspecified atom stereocenters. The Kier molecular flexibility index (Phi) is 8.29. The number of rotatable bonds is 9. The molecule has 0 spiro atoms. The Morgan fingerprint density at radius 2 is 1.57 bits per heavy atom.